The van der Waals surface area contributed by atoms with Crippen molar-refractivity contribution in [3.8, 4) is 0 Å². The summed E-state index contributed by atoms with van der Waals surface area (Å²) in [5, 5.41) is 2.95. The highest BCUT2D eigenvalue weighted by molar-refractivity contribution is 7.10. The van der Waals surface area contributed by atoms with Crippen molar-refractivity contribution < 1.29 is 0 Å². The number of hydrazine groups is 1. The van der Waals surface area contributed by atoms with Gasteiger partial charge in [-0.2, -0.15) is 0 Å². The molecular formula is C13H17ClN2S. The number of hydrogen-bond donors (Lipinski definition) is 2. The molecule has 1 aromatic heterocycles. The molecule has 3 fully saturated rings. The molecule has 3 aliphatic rings. The van der Waals surface area contributed by atoms with Crippen LogP contribution in [0.1, 0.15) is 30.2 Å². The van der Waals surface area contributed by atoms with Crippen LogP contribution in [0.2, 0.25) is 5.02 Å². The standard InChI is InChI=1S/C13H17ClN2S/c14-8-3-4-17-13(8)12(16-15)11-9-6-1-2-7(5-6)10(9)11/h3-4,6-7,9-12,16H,1-2,5,15H2. The average molecular weight is 269 g/mol. The van der Waals surface area contributed by atoms with Crippen molar-refractivity contribution >= 4 is 22.9 Å². The van der Waals surface area contributed by atoms with Crippen LogP contribution >= 0.6 is 22.9 Å². The van der Waals surface area contributed by atoms with Gasteiger partial charge in [-0.15, -0.1) is 11.3 Å². The maximum Gasteiger partial charge on any atom is 0.0602 e. The summed E-state index contributed by atoms with van der Waals surface area (Å²) in [6.07, 6.45) is 4.40. The maximum atomic E-state index is 6.25. The van der Waals surface area contributed by atoms with Gasteiger partial charge in [-0.05, 0) is 60.3 Å². The quantitative estimate of drug-likeness (QED) is 0.653. The van der Waals surface area contributed by atoms with Crippen molar-refractivity contribution in [3.63, 3.8) is 0 Å². The summed E-state index contributed by atoms with van der Waals surface area (Å²) in [6, 6.07) is 2.28. The minimum atomic E-state index is 0.292. The number of hydrogen-bond acceptors (Lipinski definition) is 3. The maximum absolute atomic E-state index is 6.25. The van der Waals surface area contributed by atoms with Crippen molar-refractivity contribution in [2.75, 3.05) is 0 Å². The summed E-state index contributed by atoms with van der Waals surface area (Å²) >= 11 is 7.98. The second kappa shape index (κ2) is 3.70. The molecule has 4 heteroatoms. The molecule has 1 heterocycles. The van der Waals surface area contributed by atoms with Crippen LogP contribution in [-0.4, -0.2) is 0 Å². The van der Waals surface area contributed by atoms with Crippen molar-refractivity contribution in [2.45, 2.75) is 25.3 Å². The van der Waals surface area contributed by atoms with Gasteiger partial charge in [-0.1, -0.05) is 11.6 Å². The Labute approximate surface area is 111 Å². The van der Waals surface area contributed by atoms with E-state index in [0.717, 1.165) is 34.6 Å². The lowest BCUT2D eigenvalue weighted by Crippen LogP contribution is -2.30. The van der Waals surface area contributed by atoms with Gasteiger partial charge in [0.15, 0.2) is 0 Å². The molecule has 0 aromatic carbocycles. The Balaban J connectivity index is 1.61. The Kier molecular flexibility index (Phi) is 2.35. The molecule has 5 unspecified atom stereocenters. The van der Waals surface area contributed by atoms with E-state index in [-0.39, 0.29) is 0 Å². The molecule has 5 atom stereocenters. The Hall–Kier alpha value is -0.0900. The molecule has 2 bridgehead atoms. The van der Waals surface area contributed by atoms with Gasteiger partial charge in [0, 0.05) is 4.88 Å². The predicted molar refractivity (Wildman–Crippen MR) is 70.7 cm³/mol. The van der Waals surface area contributed by atoms with Crippen molar-refractivity contribution in [1.29, 1.82) is 0 Å². The number of rotatable bonds is 3. The Morgan fingerprint density at radius 3 is 2.59 bits per heavy atom. The van der Waals surface area contributed by atoms with Crippen LogP contribution in [0.25, 0.3) is 0 Å². The average Bonchev–Trinajstić information content (AvgIpc) is 2.72. The first-order valence-electron chi connectivity index (χ1n) is 6.50. The van der Waals surface area contributed by atoms with Crippen LogP contribution in [0.5, 0.6) is 0 Å². The van der Waals surface area contributed by atoms with Crippen LogP contribution < -0.4 is 11.3 Å². The summed E-state index contributed by atoms with van der Waals surface area (Å²) in [6.45, 7) is 0. The summed E-state index contributed by atoms with van der Waals surface area (Å²) in [5.74, 6) is 10.4. The molecule has 4 rings (SSSR count). The van der Waals surface area contributed by atoms with Crippen LogP contribution in [0.3, 0.4) is 0 Å². The summed E-state index contributed by atoms with van der Waals surface area (Å²) in [7, 11) is 0. The second-order valence-electron chi connectivity index (χ2n) is 5.84. The van der Waals surface area contributed by atoms with Gasteiger partial charge in [0.1, 0.15) is 0 Å². The van der Waals surface area contributed by atoms with Crippen LogP contribution in [0.15, 0.2) is 11.4 Å². The molecule has 3 aliphatic carbocycles. The lowest BCUT2D eigenvalue weighted by molar-refractivity contribution is 0.377. The molecule has 3 saturated carbocycles. The van der Waals surface area contributed by atoms with E-state index < -0.39 is 0 Å². The Morgan fingerprint density at radius 1 is 1.35 bits per heavy atom. The van der Waals surface area contributed by atoms with E-state index in [1.807, 2.05) is 6.07 Å². The van der Waals surface area contributed by atoms with E-state index in [9.17, 15) is 0 Å². The SMILES string of the molecule is NNC(c1sccc1Cl)C1C2C3CCC(C3)C21. The molecule has 92 valence electrons. The molecule has 0 saturated heterocycles. The largest absolute Gasteiger partial charge is 0.271 e. The lowest BCUT2D eigenvalue weighted by atomic mass is 9.97. The highest BCUT2D eigenvalue weighted by atomic mass is 35.5. The topological polar surface area (TPSA) is 38.0 Å². The molecule has 17 heavy (non-hydrogen) atoms. The predicted octanol–water partition coefficient (Wildman–Crippen LogP) is 3.20. The highest BCUT2D eigenvalue weighted by Crippen LogP contribution is 2.72. The zero-order valence-corrected chi connectivity index (χ0v) is 11.2. The molecule has 0 spiro atoms. The van der Waals surface area contributed by atoms with Gasteiger partial charge >= 0.3 is 0 Å². The normalized spacial score (nSPS) is 43.8. The second-order valence-corrected chi connectivity index (χ2v) is 7.20. The Morgan fingerprint density at radius 2 is 2.06 bits per heavy atom. The van der Waals surface area contributed by atoms with Gasteiger partial charge in [-0.25, -0.2) is 0 Å². The van der Waals surface area contributed by atoms with Gasteiger partial charge in [0.25, 0.3) is 0 Å². The number of halogens is 1. The smallest absolute Gasteiger partial charge is 0.0602 e. The van der Waals surface area contributed by atoms with Crippen LogP contribution in [-0.2, 0) is 0 Å². The third-order valence-corrected chi connectivity index (χ3v) is 6.73. The highest BCUT2D eigenvalue weighted by Gasteiger charge is 2.67. The van der Waals surface area contributed by atoms with E-state index in [1.165, 1.54) is 24.1 Å². The molecule has 0 radical (unpaired) electrons. The number of fused-ring (bicyclic) bond motifs is 5. The van der Waals surface area contributed by atoms with Gasteiger partial charge < -0.3 is 0 Å². The van der Waals surface area contributed by atoms with Gasteiger partial charge in [0.2, 0.25) is 0 Å². The molecule has 0 aliphatic heterocycles. The summed E-state index contributed by atoms with van der Waals surface area (Å²) in [4.78, 5) is 1.24. The zero-order valence-electron chi connectivity index (χ0n) is 9.60. The van der Waals surface area contributed by atoms with E-state index in [1.54, 1.807) is 11.3 Å². The van der Waals surface area contributed by atoms with E-state index in [2.05, 4.69) is 10.8 Å². The van der Waals surface area contributed by atoms with Gasteiger partial charge in [0.05, 0.1) is 11.1 Å². The number of nitrogens with two attached hydrogens (primary N) is 1. The van der Waals surface area contributed by atoms with Gasteiger partial charge in [-0.3, -0.25) is 11.3 Å². The van der Waals surface area contributed by atoms with E-state index in [4.69, 9.17) is 17.4 Å². The zero-order chi connectivity index (χ0) is 11.6. The number of thiophene rings is 1. The van der Waals surface area contributed by atoms with Crippen molar-refractivity contribution in [1.82, 2.24) is 5.43 Å². The van der Waals surface area contributed by atoms with Crippen molar-refractivity contribution in [2.24, 2.45) is 35.4 Å². The first-order valence-corrected chi connectivity index (χ1v) is 7.76. The molecule has 3 N–H and O–H groups in total. The summed E-state index contributed by atoms with van der Waals surface area (Å²) < 4.78 is 0. The lowest BCUT2D eigenvalue weighted by Gasteiger charge is -2.19. The first kappa shape index (κ1) is 10.8. The fraction of sp³-hybridized carbons (Fsp3) is 0.692. The molecule has 1 aromatic rings. The van der Waals surface area contributed by atoms with E-state index >= 15 is 0 Å². The molecular weight excluding hydrogens is 252 g/mol. The number of nitrogens with one attached hydrogen (secondary N) is 1. The fourth-order valence-corrected chi connectivity index (χ4v) is 6.02. The third-order valence-electron chi connectivity index (χ3n) is 5.29. The van der Waals surface area contributed by atoms with Crippen molar-refractivity contribution in [3.05, 3.63) is 21.3 Å². The Bertz CT molecular complexity index is 430. The van der Waals surface area contributed by atoms with E-state index in [0.29, 0.717) is 6.04 Å². The van der Waals surface area contributed by atoms with Crippen LogP contribution in [0.4, 0.5) is 0 Å². The minimum absolute atomic E-state index is 0.292. The van der Waals surface area contributed by atoms with Crippen LogP contribution in [0, 0.1) is 29.6 Å². The molecule has 0 amide bonds. The summed E-state index contributed by atoms with van der Waals surface area (Å²) in [5.41, 5.74) is 3.03. The monoisotopic (exact) mass is 268 g/mol. The minimum Gasteiger partial charge on any atom is -0.271 e. The first-order chi connectivity index (χ1) is 8.31. The molecule has 2 nitrogen and oxygen atoms in total. The fourth-order valence-electron chi connectivity index (χ4n) is 4.73. The third kappa shape index (κ3) is 1.40.